The van der Waals surface area contributed by atoms with Gasteiger partial charge in [0.15, 0.2) is 6.61 Å². The van der Waals surface area contributed by atoms with Crippen molar-refractivity contribution in [1.82, 2.24) is 10.9 Å². The molecular weight excluding hydrogens is 352 g/mol. The minimum absolute atomic E-state index is 0.216. The van der Waals surface area contributed by atoms with Crippen LogP contribution in [0.3, 0.4) is 0 Å². The molecule has 0 aliphatic heterocycles. The zero-order chi connectivity index (χ0) is 19.6. The highest BCUT2D eigenvalue weighted by Crippen LogP contribution is 2.29. The fourth-order valence-corrected chi connectivity index (χ4v) is 2.54. The molecule has 0 unspecified atom stereocenters. The molecule has 0 aromatic heterocycles. The minimum Gasteiger partial charge on any atom is -0.483 e. The van der Waals surface area contributed by atoms with Crippen LogP contribution < -0.4 is 15.6 Å². The lowest BCUT2D eigenvalue weighted by atomic mass is 10.1. The Morgan fingerprint density at radius 1 is 0.786 bits per heavy atom. The largest absolute Gasteiger partial charge is 0.483 e. The van der Waals surface area contributed by atoms with Crippen LogP contribution in [0.5, 0.6) is 5.75 Å². The van der Waals surface area contributed by atoms with E-state index in [-0.39, 0.29) is 6.61 Å². The summed E-state index contributed by atoms with van der Waals surface area (Å²) in [5.41, 5.74) is 7.45. The van der Waals surface area contributed by atoms with Crippen molar-refractivity contribution in [2.75, 3.05) is 6.61 Å². The zero-order valence-electron chi connectivity index (χ0n) is 15.2. The SMILES string of the molecule is O=C(/C=C/c1ccccc1)NNC(=O)COc1ccccc1-c1ccccc1. The Hall–Kier alpha value is -3.86. The van der Waals surface area contributed by atoms with Gasteiger partial charge in [-0.05, 0) is 23.3 Å². The molecule has 0 radical (unpaired) electrons. The van der Waals surface area contributed by atoms with E-state index in [1.54, 1.807) is 12.1 Å². The smallest absolute Gasteiger partial charge is 0.276 e. The molecule has 0 aliphatic rings. The molecule has 0 aliphatic carbocycles. The molecule has 5 nitrogen and oxygen atoms in total. The van der Waals surface area contributed by atoms with Crippen molar-refractivity contribution in [2.24, 2.45) is 0 Å². The number of ether oxygens (including phenoxy) is 1. The lowest BCUT2D eigenvalue weighted by molar-refractivity contribution is -0.128. The van der Waals surface area contributed by atoms with Crippen molar-refractivity contribution >= 4 is 17.9 Å². The average Bonchev–Trinajstić information content (AvgIpc) is 2.76. The summed E-state index contributed by atoms with van der Waals surface area (Å²) in [5.74, 6) is -0.287. The molecule has 3 rings (SSSR count). The van der Waals surface area contributed by atoms with Crippen LogP contribution >= 0.6 is 0 Å². The third-order valence-electron chi connectivity index (χ3n) is 3.88. The van der Waals surface area contributed by atoms with Crippen molar-refractivity contribution in [3.05, 3.63) is 96.6 Å². The summed E-state index contributed by atoms with van der Waals surface area (Å²) in [5, 5.41) is 0. The monoisotopic (exact) mass is 372 g/mol. The third kappa shape index (κ3) is 5.57. The number of hydrogen-bond donors (Lipinski definition) is 2. The maximum absolute atomic E-state index is 12.0. The number of carbonyl (C=O) groups is 2. The van der Waals surface area contributed by atoms with Crippen LogP contribution in [0.25, 0.3) is 17.2 Å². The molecule has 5 heteroatoms. The molecule has 3 aromatic rings. The number of carbonyl (C=O) groups excluding carboxylic acids is 2. The standard InChI is InChI=1S/C23H20N2O3/c26-22(16-15-18-9-3-1-4-10-18)24-25-23(27)17-28-21-14-8-7-13-20(21)19-11-5-2-6-12-19/h1-16H,17H2,(H,24,26)(H,25,27)/b16-15+. The Bertz CT molecular complexity index is 954. The summed E-state index contributed by atoms with van der Waals surface area (Å²) in [6, 6.07) is 26.7. The topological polar surface area (TPSA) is 67.4 Å². The van der Waals surface area contributed by atoms with Gasteiger partial charge in [-0.15, -0.1) is 0 Å². The Morgan fingerprint density at radius 3 is 2.18 bits per heavy atom. The molecule has 0 saturated heterocycles. The van der Waals surface area contributed by atoms with Gasteiger partial charge in [-0.1, -0.05) is 78.9 Å². The first-order valence-electron chi connectivity index (χ1n) is 8.81. The molecule has 0 heterocycles. The van der Waals surface area contributed by atoms with Gasteiger partial charge in [0, 0.05) is 11.6 Å². The van der Waals surface area contributed by atoms with Crippen LogP contribution in [0.15, 0.2) is 91.0 Å². The fourth-order valence-electron chi connectivity index (χ4n) is 2.54. The predicted octanol–water partition coefficient (Wildman–Crippen LogP) is 3.59. The summed E-state index contributed by atoms with van der Waals surface area (Å²) >= 11 is 0. The molecule has 0 atom stereocenters. The van der Waals surface area contributed by atoms with Gasteiger partial charge in [0.2, 0.25) is 0 Å². The Balaban J connectivity index is 1.50. The number of hydrazine groups is 1. The van der Waals surface area contributed by atoms with Crippen LogP contribution in [0.4, 0.5) is 0 Å². The van der Waals surface area contributed by atoms with Gasteiger partial charge in [-0.3, -0.25) is 20.4 Å². The van der Waals surface area contributed by atoms with E-state index in [1.807, 2.05) is 78.9 Å². The van der Waals surface area contributed by atoms with E-state index < -0.39 is 11.8 Å². The van der Waals surface area contributed by atoms with Crippen molar-refractivity contribution in [3.8, 4) is 16.9 Å². The summed E-state index contributed by atoms with van der Waals surface area (Å²) in [7, 11) is 0. The number of para-hydroxylation sites is 1. The van der Waals surface area contributed by atoms with Crippen molar-refractivity contribution in [1.29, 1.82) is 0 Å². The highest BCUT2D eigenvalue weighted by Gasteiger charge is 2.08. The van der Waals surface area contributed by atoms with E-state index in [0.29, 0.717) is 5.75 Å². The second kappa shape index (κ2) is 9.73. The molecular formula is C23H20N2O3. The summed E-state index contributed by atoms with van der Waals surface area (Å²) in [6.07, 6.45) is 3.01. The number of amides is 2. The lowest BCUT2D eigenvalue weighted by Gasteiger charge is -2.12. The van der Waals surface area contributed by atoms with Crippen molar-refractivity contribution in [2.45, 2.75) is 0 Å². The number of nitrogens with one attached hydrogen (secondary N) is 2. The van der Waals surface area contributed by atoms with E-state index in [2.05, 4.69) is 10.9 Å². The van der Waals surface area contributed by atoms with E-state index in [0.717, 1.165) is 16.7 Å². The van der Waals surface area contributed by atoms with Gasteiger partial charge in [-0.25, -0.2) is 0 Å². The number of hydrogen-bond acceptors (Lipinski definition) is 3. The minimum atomic E-state index is -0.454. The van der Waals surface area contributed by atoms with E-state index in [4.69, 9.17) is 4.74 Å². The average molecular weight is 372 g/mol. The second-order valence-electron chi connectivity index (χ2n) is 5.93. The maximum atomic E-state index is 12.0. The van der Waals surface area contributed by atoms with Gasteiger partial charge >= 0.3 is 0 Å². The molecule has 2 amide bonds. The first kappa shape index (κ1) is 18.9. The predicted molar refractivity (Wildman–Crippen MR) is 109 cm³/mol. The first-order chi connectivity index (χ1) is 13.7. The summed E-state index contributed by atoms with van der Waals surface area (Å²) < 4.78 is 5.63. The van der Waals surface area contributed by atoms with E-state index >= 15 is 0 Å². The molecule has 0 saturated carbocycles. The van der Waals surface area contributed by atoms with Crippen LogP contribution in [0.1, 0.15) is 5.56 Å². The van der Waals surface area contributed by atoms with Crippen LogP contribution in [0.2, 0.25) is 0 Å². The third-order valence-corrected chi connectivity index (χ3v) is 3.88. The van der Waals surface area contributed by atoms with Gasteiger partial charge in [-0.2, -0.15) is 0 Å². The fraction of sp³-hybridized carbons (Fsp3) is 0.0435. The lowest BCUT2D eigenvalue weighted by Crippen LogP contribution is -2.43. The Morgan fingerprint density at radius 2 is 1.43 bits per heavy atom. The van der Waals surface area contributed by atoms with Gasteiger partial charge in [0.1, 0.15) is 5.75 Å². The van der Waals surface area contributed by atoms with Gasteiger partial charge < -0.3 is 4.74 Å². The maximum Gasteiger partial charge on any atom is 0.276 e. The summed E-state index contributed by atoms with van der Waals surface area (Å²) in [6.45, 7) is -0.216. The van der Waals surface area contributed by atoms with E-state index in [1.165, 1.54) is 6.08 Å². The first-order valence-corrected chi connectivity index (χ1v) is 8.81. The van der Waals surface area contributed by atoms with Crippen molar-refractivity contribution < 1.29 is 14.3 Å². The molecule has 28 heavy (non-hydrogen) atoms. The molecule has 140 valence electrons. The molecule has 2 N–H and O–H groups in total. The number of rotatable bonds is 6. The van der Waals surface area contributed by atoms with Crippen molar-refractivity contribution in [3.63, 3.8) is 0 Å². The van der Waals surface area contributed by atoms with Crippen LogP contribution in [-0.4, -0.2) is 18.4 Å². The van der Waals surface area contributed by atoms with Gasteiger partial charge in [0.25, 0.3) is 11.8 Å². The molecule has 0 bridgehead atoms. The molecule has 0 fully saturated rings. The normalized spacial score (nSPS) is 10.4. The van der Waals surface area contributed by atoms with E-state index in [9.17, 15) is 9.59 Å². The Labute approximate surface area is 163 Å². The highest BCUT2D eigenvalue weighted by molar-refractivity contribution is 5.93. The van der Waals surface area contributed by atoms with Crippen LogP contribution in [0, 0.1) is 0 Å². The quantitative estimate of drug-likeness (QED) is 0.513. The molecule has 3 aromatic carbocycles. The highest BCUT2D eigenvalue weighted by atomic mass is 16.5. The van der Waals surface area contributed by atoms with Gasteiger partial charge in [0.05, 0.1) is 0 Å². The molecule has 0 spiro atoms. The second-order valence-corrected chi connectivity index (χ2v) is 5.93. The van der Waals surface area contributed by atoms with Crippen LogP contribution in [-0.2, 0) is 9.59 Å². The Kier molecular flexibility index (Phi) is 6.57. The number of benzene rings is 3. The zero-order valence-corrected chi connectivity index (χ0v) is 15.2. The summed E-state index contributed by atoms with van der Waals surface area (Å²) in [4.78, 5) is 23.7.